The number of likely N-dealkylation sites (N-methyl/N-ethyl adjacent to an activating group) is 1. The van der Waals surface area contributed by atoms with E-state index in [1.54, 1.807) is 7.05 Å². The number of nitrogens with zero attached hydrogens (tertiary/aromatic N) is 3. The summed E-state index contributed by atoms with van der Waals surface area (Å²) in [6.07, 6.45) is 2.84. The van der Waals surface area contributed by atoms with E-state index < -0.39 is 12.0 Å². The van der Waals surface area contributed by atoms with Crippen LogP contribution in [0, 0.1) is 19.8 Å². The van der Waals surface area contributed by atoms with Gasteiger partial charge in [-0.25, -0.2) is 4.98 Å². The summed E-state index contributed by atoms with van der Waals surface area (Å²) in [6.45, 7) is 4.01. The highest BCUT2D eigenvalue weighted by Gasteiger charge is 2.31. The normalized spacial score (nSPS) is 16.0. The Morgan fingerprint density at radius 3 is 2.86 bits per heavy atom. The van der Waals surface area contributed by atoms with Crippen LogP contribution >= 0.6 is 11.3 Å². The maximum atomic E-state index is 12.6. The van der Waals surface area contributed by atoms with Crippen LogP contribution in [0.3, 0.4) is 0 Å². The number of fused-ring (bicyclic) bond motifs is 1. The summed E-state index contributed by atoms with van der Waals surface area (Å²) in [6, 6.07) is 0. The van der Waals surface area contributed by atoms with Crippen molar-refractivity contribution >= 4 is 22.2 Å². The van der Waals surface area contributed by atoms with Gasteiger partial charge in [0, 0.05) is 30.4 Å². The molecule has 0 saturated heterocycles. The Kier molecular flexibility index (Phi) is 3.78. The van der Waals surface area contributed by atoms with Crippen molar-refractivity contribution < 1.29 is 9.90 Å². The van der Waals surface area contributed by atoms with E-state index in [9.17, 15) is 14.7 Å². The highest BCUT2D eigenvalue weighted by atomic mass is 32.1. The van der Waals surface area contributed by atoms with Gasteiger partial charge in [-0.05, 0) is 32.6 Å². The van der Waals surface area contributed by atoms with Gasteiger partial charge in [0.2, 0.25) is 0 Å². The number of carbonyl (C=O) groups excluding carboxylic acids is 1. The molecule has 118 valence electrons. The zero-order valence-electron chi connectivity index (χ0n) is 12.9. The molecule has 1 atom stereocenters. The van der Waals surface area contributed by atoms with E-state index in [2.05, 4.69) is 4.98 Å². The molecular formula is C15H19N3O3S. The van der Waals surface area contributed by atoms with Gasteiger partial charge in [-0.2, -0.15) is 0 Å². The molecule has 1 amide bonds. The Hall–Kier alpha value is -1.73. The van der Waals surface area contributed by atoms with Gasteiger partial charge in [0.05, 0.1) is 6.10 Å². The number of aliphatic hydroxyl groups excluding tert-OH is 1. The van der Waals surface area contributed by atoms with Gasteiger partial charge in [-0.15, -0.1) is 11.3 Å². The first-order chi connectivity index (χ1) is 10.4. The van der Waals surface area contributed by atoms with E-state index in [1.165, 1.54) is 26.8 Å². The lowest BCUT2D eigenvalue weighted by Gasteiger charge is -2.20. The molecule has 0 aromatic carbocycles. The Balaban J connectivity index is 1.91. The van der Waals surface area contributed by atoms with Crippen LogP contribution in [-0.2, 0) is 0 Å². The summed E-state index contributed by atoms with van der Waals surface area (Å²) in [5.41, 5.74) is 0.515. The number of rotatable bonds is 4. The summed E-state index contributed by atoms with van der Waals surface area (Å²) < 4.78 is 1.48. The number of aromatic nitrogens is 2. The van der Waals surface area contributed by atoms with Crippen LogP contribution in [0.15, 0.2) is 11.0 Å². The molecule has 1 aliphatic carbocycles. The second-order valence-electron chi connectivity index (χ2n) is 5.93. The molecule has 1 fully saturated rings. The molecule has 0 aliphatic heterocycles. The molecule has 1 N–H and O–H groups in total. The van der Waals surface area contributed by atoms with Crippen molar-refractivity contribution in [1.29, 1.82) is 0 Å². The second-order valence-corrected chi connectivity index (χ2v) is 7.11. The number of thiazole rings is 1. The fourth-order valence-corrected chi connectivity index (χ4v) is 3.45. The van der Waals surface area contributed by atoms with Crippen LogP contribution in [0.5, 0.6) is 0 Å². The maximum absolute atomic E-state index is 12.6. The molecule has 3 rings (SSSR count). The third kappa shape index (κ3) is 2.55. The molecule has 1 saturated carbocycles. The smallest absolute Gasteiger partial charge is 0.271 e. The van der Waals surface area contributed by atoms with Crippen molar-refractivity contribution in [1.82, 2.24) is 14.3 Å². The van der Waals surface area contributed by atoms with Crippen LogP contribution in [0.25, 0.3) is 4.96 Å². The third-order valence-electron chi connectivity index (χ3n) is 4.22. The van der Waals surface area contributed by atoms with Gasteiger partial charge >= 0.3 is 0 Å². The number of aliphatic hydroxyl groups is 1. The number of amides is 1. The standard InChI is InChI=1S/C15H19N3O3S/c1-8-9(2)22-15-16-6-11(14(21)18(8)15)13(20)17(3)7-12(19)10-4-5-10/h6,10,12,19H,4-5,7H2,1-3H3. The molecule has 2 aromatic rings. The van der Waals surface area contributed by atoms with Gasteiger partial charge in [0.1, 0.15) is 5.56 Å². The Morgan fingerprint density at radius 1 is 1.55 bits per heavy atom. The van der Waals surface area contributed by atoms with Crippen molar-refractivity contribution in [3.63, 3.8) is 0 Å². The molecule has 0 bridgehead atoms. The summed E-state index contributed by atoms with van der Waals surface area (Å²) in [5.74, 6) is -0.103. The van der Waals surface area contributed by atoms with Crippen LogP contribution in [0.1, 0.15) is 33.8 Å². The van der Waals surface area contributed by atoms with E-state index in [4.69, 9.17) is 0 Å². The van der Waals surface area contributed by atoms with Crippen molar-refractivity contribution in [2.75, 3.05) is 13.6 Å². The molecule has 0 spiro atoms. The number of carbonyl (C=O) groups is 1. The fourth-order valence-electron chi connectivity index (χ4n) is 2.52. The molecule has 6 nitrogen and oxygen atoms in total. The van der Waals surface area contributed by atoms with Crippen LogP contribution < -0.4 is 5.56 Å². The predicted octanol–water partition coefficient (Wildman–Crippen LogP) is 1.22. The van der Waals surface area contributed by atoms with Crippen molar-refractivity contribution in [3.8, 4) is 0 Å². The molecule has 2 heterocycles. The minimum atomic E-state index is -0.515. The van der Waals surface area contributed by atoms with Crippen LogP contribution in [0.4, 0.5) is 0 Å². The van der Waals surface area contributed by atoms with E-state index in [1.807, 2.05) is 13.8 Å². The minimum Gasteiger partial charge on any atom is -0.391 e. The zero-order chi connectivity index (χ0) is 16.0. The topological polar surface area (TPSA) is 74.9 Å². The summed E-state index contributed by atoms with van der Waals surface area (Å²) in [5, 5.41) is 9.95. The van der Waals surface area contributed by atoms with Crippen molar-refractivity contribution in [2.24, 2.45) is 5.92 Å². The van der Waals surface area contributed by atoms with Crippen LogP contribution in [0.2, 0.25) is 0 Å². The molecule has 7 heteroatoms. The summed E-state index contributed by atoms with van der Waals surface area (Å²) in [7, 11) is 1.61. The molecule has 2 aromatic heterocycles. The average molecular weight is 321 g/mol. The van der Waals surface area contributed by atoms with Gasteiger partial charge in [-0.1, -0.05) is 0 Å². The van der Waals surface area contributed by atoms with E-state index >= 15 is 0 Å². The molecule has 0 radical (unpaired) electrons. The molecular weight excluding hydrogens is 302 g/mol. The highest BCUT2D eigenvalue weighted by Crippen LogP contribution is 2.32. The number of hydrogen-bond donors (Lipinski definition) is 1. The molecule has 1 aliphatic rings. The predicted molar refractivity (Wildman–Crippen MR) is 84.5 cm³/mol. The van der Waals surface area contributed by atoms with Gasteiger partial charge in [0.15, 0.2) is 4.96 Å². The zero-order valence-corrected chi connectivity index (χ0v) is 13.7. The van der Waals surface area contributed by atoms with Gasteiger partial charge < -0.3 is 10.0 Å². The lowest BCUT2D eigenvalue weighted by molar-refractivity contribution is 0.0643. The van der Waals surface area contributed by atoms with Crippen molar-refractivity contribution in [3.05, 3.63) is 32.7 Å². The van der Waals surface area contributed by atoms with E-state index in [0.717, 1.165) is 23.4 Å². The largest absolute Gasteiger partial charge is 0.391 e. The third-order valence-corrected chi connectivity index (χ3v) is 5.29. The Labute approximate surface area is 132 Å². The highest BCUT2D eigenvalue weighted by molar-refractivity contribution is 7.17. The van der Waals surface area contributed by atoms with Gasteiger partial charge in [0.25, 0.3) is 11.5 Å². The van der Waals surface area contributed by atoms with E-state index in [-0.39, 0.29) is 17.7 Å². The number of aryl methyl sites for hydroxylation is 2. The SMILES string of the molecule is Cc1sc2ncc(C(=O)N(C)CC(O)C3CC3)c(=O)n2c1C. The lowest BCUT2D eigenvalue weighted by atomic mass is 10.2. The van der Waals surface area contributed by atoms with Crippen molar-refractivity contribution in [2.45, 2.75) is 32.8 Å². The average Bonchev–Trinajstić information content (AvgIpc) is 3.27. The quantitative estimate of drug-likeness (QED) is 0.918. The molecule has 22 heavy (non-hydrogen) atoms. The second kappa shape index (κ2) is 5.48. The Morgan fingerprint density at radius 2 is 2.23 bits per heavy atom. The first kappa shape index (κ1) is 15.2. The first-order valence-corrected chi connectivity index (χ1v) is 8.13. The summed E-state index contributed by atoms with van der Waals surface area (Å²) in [4.78, 5) is 32.3. The minimum absolute atomic E-state index is 0.0453. The van der Waals surface area contributed by atoms with E-state index in [0.29, 0.717) is 10.9 Å². The first-order valence-electron chi connectivity index (χ1n) is 7.31. The maximum Gasteiger partial charge on any atom is 0.271 e. The monoisotopic (exact) mass is 321 g/mol. The molecule has 1 unspecified atom stereocenters. The fraction of sp³-hybridized carbons (Fsp3) is 0.533. The lowest BCUT2D eigenvalue weighted by Crippen LogP contribution is -2.38. The van der Waals surface area contributed by atoms with Gasteiger partial charge in [-0.3, -0.25) is 14.0 Å². The Bertz CT molecular complexity index is 791. The number of hydrogen-bond acceptors (Lipinski definition) is 5. The summed E-state index contributed by atoms with van der Waals surface area (Å²) >= 11 is 1.43. The van der Waals surface area contributed by atoms with Crippen LogP contribution in [-0.4, -0.2) is 45.0 Å².